The zero-order valence-corrected chi connectivity index (χ0v) is 14.9. The Bertz CT molecular complexity index is 823. The number of nitro benzene ring substituents is 1. The highest BCUT2D eigenvalue weighted by molar-refractivity contribution is 7.80. The first kappa shape index (κ1) is 19.2. The maximum absolute atomic E-state index is 12.2. The Morgan fingerprint density at radius 1 is 1.42 bits per heavy atom. The van der Waals surface area contributed by atoms with Crippen molar-refractivity contribution in [2.45, 2.75) is 26.8 Å². The monoisotopic (exact) mass is 379 g/mol. The van der Waals surface area contributed by atoms with E-state index >= 15 is 0 Å². The number of ether oxygens (including phenoxy) is 1. The van der Waals surface area contributed by atoms with Crippen molar-refractivity contribution in [1.82, 2.24) is 25.5 Å². The van der Waals surface area contributed by atoms with Gasteiger partial charge in [-0.15, -0.1) is 5.10 Å². The third-order valence-electron chi connectivity index (χ3n) is 3.05. The van der Waals surface area contributed by atoms with E-state index in [4.69, 9.17) is 17.0 Å². The van der Waals surface area contributed by atoms with Crippen LogP contribution in [0.3, 0.4) is 0 Å². The van der Waals surface area contributed by atoms with E-state index in [0.29, 0.717) is 6.54 Å². The topological polar surface area (TPSA) is 137 Å². The first-order chi connectivity index (χ1) is 12.4. The number of benzene rings is 1. The van der Waals surface area contributed by atoms with Gasteiger partial charge in [-0.05, 0) is 42.9 Å². The van der Waals surface area contributed by atoms with Gasteiger partial charge in [0, 0.05) is 11.6 Å². The van der Waals surface area contributed by atoms with Crippen molar-refractivity contribution in [3.05, 3.63) is 33.9 Å². The molecule has 0 aliphatic carbocycles. The molecule has 0 fully saturated rings. The highest BCUT2D eigenvalue weighted by Gasteiger charge is 2.19. The number of carbonyl (C=O) groups excluding carboxylic acids is 1. The molecule has 2 N–H and O–H groups in total. The van der Waals surface area contributed by atoms with Gasteiger partial charge in [-0.2, -0.15) is 4.80 Å². The molecule has 1 aromatic carbocycles. The normalized spacial score (nSPS) is 10.2. The Morgan fingerprint density at radius 3 is 2.85 bits per heavy atom. The summed E-state index contributed by atoms with van der Waals surface area (Å²) >= 11 is 5.02. The number of carbonyl (C=O) groups is 1. The fourth-order valence-corrected chi connectivity index (χ4v) is 2.16. The SMILES string of the molecule is CCCn1nnc(NC(=S)NC(=O)c2ccc(OCC)c([N+](=O)[O-])c2)n1. The molecule has 26 heavy (non-hydrogen) atoms. The molecule has 138 valence electrons. The van der Waals surface area contributed by atoms with Crippen LogP contribution in [0.15, 0.2) is 18.2 Å². The van der Waals surface area contributed by atoms with Crippen LogP contribution in [0, 0.1) is 10.1 Å². The number of aromatic nitrogens is 4. The first-order valence-corrected chi connectivity index (χ1v) is 8.16. The zero-order valence-electron chi connectivity index (χ0n) is 14.1. The Kier molecular flexibility index (Phi) is 6.49. The summed E-state index contributed by atoms with van der Waals surface area (Å²) in [6.45, 7) is 4.55. The smallest absolute Gasteiger partial charge is 0.311 e. The van der Waals surface area contributed by atoms with Crippen LogP contribution >= 0.6 is 12.2 Å². The third kappa shape index (κ3) is 4.92. The predicted octanol–water partition coefficient (Wildman–Crippen LogP) is 1.52. The average Bonchev–Trinajstić information content (AvgIpc) is 3.02. The Labute approximate surface area is 153 Å². The van der Waals surface area contributed by atoms with E-state index in [2.05, 4.69) is 26.0 Å². The molecule has 0 aliphatic heterocycles. The number of thiocarbonyl (C=S) groups is 1. The first-order valence-electron chi connectivity index (χ1n) is 7.76. The summed E-state index contributed by atoms with van der Waals surface area (Å²) in [5.41, 5.74) is -0.241. The van der Waals surface area contributed by atoms with E-state index in [1.165, 1.54) is 16.9 Å². The van der Waals surface area contributed by atoms with Crippen LogP contribution in [0.4, 0.5) is 11.6 Å². The van der Waals surface area contributed by atoms with Gasteiger partial charge in [0.15, 0.2) is 10.9 Å². The Balaban J connectivity index is 2.05. The van der Waals surface area contributed by atoms with Crippen LogP contribution < -0.4 is 15.4 Å². The average molecular weight is 379 g/mol. The number of anilines is 1. The van der Waals surface area contributed by atoms with Crippen molar-refractivity contribution in [3.63, 3.8) is 0 Å². The third-order valence-corrected chi connectivity index (χ3v) is 3.25. The number of nitro groups is 1. The van der Waals surface area contributed by atoms with E-state index in [9.17, 15) is 14.9 Å². The number of nitrogens with one attached hydrogen (secondary N) is 2. The van der Waals surface area contributed by atoms with Crippen molar-refractivity contribution in [2.75, 3.05) is 11.9 Å². The molecule has 2 aromatic rings. The standard InChI is InChI=1S/C14H17N7O4S/c1-3-7-20-18-13(17-19-20)16-14(26)15-12(22)9-5-6-11(25-4-2)10(8-9)21(23)24/h5-6,8H,3-4,7H2,1-2H3,(H2,15,16,18,22,26). The van der Waals surface area contributed by atoms with Crippen LogP contribution in [0.25, 0.3) is 0 Å². The van der Waals surface area contributed by atoms with E-state index < -0.39 is 10.8 Å². The van der Waals surface area contributed by atoms with Crippen molar-refractivity contribution >= 4 is 34.9 Å². The Hall–Kier alpha value is -3.15. The van der Waals surface area contributed by atoms with Gasteiger partial charge in [0.25, 0.3) is 11.9 Å². The van der Waals surface area contributed by atoms with Crippen LogP contribution in [-0.2, 0) is 6.54 Å². The summed E-state index contributed by atoms with van der Waals surface area (Å²) in [6.07, 6.45) is 0.841. The number of hydrogen-bond acceptors (Lipinski definition) is 8. The number of amides is 1. The maximum atomic E-state index is 12.2. The minimum absolute atomic E-state index is 0.0532. The van der Waals surface area contributed by atoms with Crippen molar-refractivity contribution in [3.8, 4) is 5.75 Å². The summed E-state index contributed by atoms with van der Waals surface area (Å²) in [5, 5.41) is 27.7. The molecule has 0 saturated heterocycles. The van der Waals surface area contributed by atoms with Gasteiger partial charge in [0.1, 0.15) is 0 Å². The summed E-state index contributed by atoms with van der Waals surface area (Å²) < 4.78 is 5.18. The fraction of sp³-hybridized carbons (Fsp3) is 0.357. The molecule has 12 heteroatoms. The molecule has 0 bridgehead atoms. The number of nitrogens with zero attached hydrogens (tertiary/aromatic N) is 5. The second kappa shape index (κ2) is 8.80. The number of tetrazole rings is 1. The molecule has 0 radical (unpaired) electrons. The van der Waals surface area contributed by atoms with Gasteiger partial charge in [-0.25, -0.2) is 0 Å². The molecule has 2 rings (SSSR count). The van der Waals surface area contributed by atoms with E-state index in [1.54, 1.807) is 6.92 Å². The largest absolute Gasteiger partial charge is 0.487 e. The molecule has 0 atom stereocenters. The van der Waals surface area contributed by atoms with Crippen molar-refractivity contribution in [2.24, 2.45) is 0 Å². The minimum Gasteiger partial charge on any atom is -0.487 e. The molecule has 0 spiro atoms. The molecule has 1 amide bonds. The maximum Gasteiger partial charge on any atom is 0.311 e. The molecule has 0 aliphatic rings. The predicted molar refractivity (Wildman–Crippen MR) is 96.1 cm³/mol. The number of aryl methyl sites for hydroxylation is 1. The summed E-state index contributed by atoms with van der Waals surface area (Å²) in [6, 6.07) is 3.90. The van der Waals surface area contributed by atoms with Crippen LogP contribution in [-0.4, -0.2) is 42.8 Å². The van der Waals surface area contributed by atoms with Crippen LogP contribution in [0.1, 0.15) is 30.6 Å². The lowest BCUT2D eigenvalue weighted by Crippen LogP contribution is -2.34. The second-order valence-corrected chi connectivity index (χ2v) is 5.40. The lowest BCUT2D eigenvalue weighted by molar-refractivity contribution is -0.385. The second-order valence-electron chi connectivity index (χ2n) is 4.99. The molecule has 0 saturated carbocycles. The Morgan fingerprint density at radius 2 is 2.19 bits per heavy atom. The lowest BCUT2D eigenvalue weighted by Gasteiger charge is -2.08. The summed E-state index contributed by atoms with van der Waals surface area (Å²) in [7, 11) is 0. The molecule has 1 aromatic heterocycles. The van der Waals surface area contributed by atoms with Gasteiger partial charge in [-0.3, -0.25) is 25.5 Å². The molecular formula is C14H17N7O4S. The number of hydrogen-bond donors (Lipinski definition) is 2. The van der Waals surface area contributed by atoms with E-state index in [-0.39, 0.29) is 34.7 Å². The molecule has 1 heterocycles. The molecule has 0 unspecified atom stereocenters. The van der Waals surface area contributed by atoms with Gasteiger partial charge in [-0.1, -0.05) is 12.0 Å². The molecule has 11 nitrogen and oxygen atoms in total. The highest BCUT2D eigenvalue weighted by atomic mass is 32.1. The van der Waals surface area contributed by atoms with Crippen molar-refractivity contribution in [1.29, 1.82) is 0 Å². The minimum atomic E-state index is -0.617. The summed E-state index contributed by atoms with van der Waals surface area (Å²) in [5.74, 6) is -0.387. The molecular weight excluding hydrogens is 362 g/mol. The lowest BCUT2D eigenvalue weighted by atomic mass is 10.1. The van der Waals surface area contributed by atoms with Gasteiger partial charge >= 0.3 is 5.69 Å². The highest BCUT2D eigenvalue weighted by Crippen LogP contribution is 2.27. The quantitative estimate of drug-likeness (QED) is 0.416. The van der Waals surface area contributed by atoms with E-state index in [0.717, 1.165) is 12.5 Å². The van der Waals surface area contributed by atoms with Crippen LogP contribution in [0.2, 0.25) is 0 Å². The number of rotatable bonds is 7. The van der Waals surface area contributed by atoms with E-state index in [1.807, 2.05) is 6.92 Å². The van der Waals surface area contributed by atoms with Gasteiger partial charge in [0.2, 0.25) is 0 Å². The van der Waals surface area contributed by atoms with Crippen molar-refractivity contribution < 1.29 is 14.5 Å². The van der Waals surface area contributed by atoms with Gasteiger partial charge < -0.3 is 4.74 Å². The summed E-state index contributed by atoms with van der Waals surface area (Å²) in [4.78, 5) is 24.1. The van der Waals surface area contributed by atoms with Crippen LogP contribution in [0.5, 0.6) is 5.75 Å². The fourth-order valence-electron chi connectivity index (χ4n) is 1.97. The van der Waals surface area contributed by atoms with Gasteiger partial charge in [0.05, 0.1) is 18.1 Å². The zero-order chi connectivity index (χ0) is 19.1.